The van der Waals surface area contributed by atoms with Gasteiger partial charge in [-0.05, 0) is 59.6 Å². The lowest BCUT2D eigenvalue weighted by molar-refractivity contribution is -0.141. The van der Waals surface area contributed by atoms with E-state index < -0.39 is 29.1 Å². The van der Waals surface area contributed by atoms with Crippen LogP contribution in [0.2, 0.25) is 0 Å². The van der Waals surface area contributed by atoms with E-state index in [9.17, 15) is 22.8 Å². The van der Waals surface area contributed by atoms with Crippen LogP contribution < -0.4 is 10.9 Å². The molecule has 2 aromatic heterocycles. The lowest BCUT2D eigenvalue weighted by Crippen LogP contribution is -2.48. The van der Waals surface area contributed by atoms with Crippen LogP contribution in [0.4, 0.5) is 18.0 Å². The zero-order valence-corrected chi connectivity index (χ0v) is 18.2. The van der Waals surface area contributed by atoms with Crippen molar-refractivity contribution in [1.82, 2.24) is 19.7 Å². The third-order valence-corrected chi connectivity index (χ3v) is 4.64. The lowest BCUT2D eigenvalue weighted by Gasteiger charge is -2.29. The molecule has 1 saturated carbocycles. The number of amides is 1. The minimum atomic E-state index is -4.65. The van der Waals surface area contributed by atoms with E-state index in [1.807, 2.05) is 0 Å². The molecular weight excluding hydrogens is 413 g/mol. The number of ether oxygens (including phenoxy) is 1. The number of nitrogens with zero attached hydrogens (tertiary/aromatic N) is 3. The standard InChI is InChI=1S/C21H27F3N4O3/c1-19(2,3)31-18(30)25-20(4,5)12-28-15(11-16(26-28)21(22,23)24)13-8-9-27(14-6-7-14)17(29)10-13/h8-11,14H,6-7,12H2,1-5H3,(H,25,30). The number of aromatic nitrogens is 3. The highest BCUT2D eigenvalue weighted by molar-refractivity contribution is 5.68. The highest BCUT2D eigenvalue weighted by Gasteiger charge is 2.36. The molecule has 1 N–H and O–H groups in total. The number of nitrogens with one attached hydrogen (secondary N) is 1. The van der Waals surface area contributed by atoms with Gasteiger partial charge in [0.1, 0.15) is 5.60 Å². The molecule has 0 aliphatic heterocycles. The second-order valence-corrected chi connectivity index (χ2v) is 9.47. The monoisotopic (exact) mass is 440 g/mol. The predicted octanol–water partition coefficient (Wildman–Crippen LogP) is 4.37. The first kappa shape index (κ1) is 22.9. The van der Waals surface area contributed by atoms with E-state index in [0.717, 1.165) is 23.6 Å². The van der Waals surface area contributed by atoms with E-state index in [1.54, 1.807) is 51.4 Å². The van der Waals surface area contributed by atoms with Gasteiger partial charge in [-0.15, -0.1) is 0 Å². The Morgan fingerprint density at radius 3 is 2.35 bits per heavy atom. The van der Waals surface area contributed by atoms with Crippen LogP contribution in [0.3, 0.4) is 0 Å². The number of alkyl carbamates (subject to hydrolysis) is 1. The van der Waals surface area contributed by atoms with Crippen molar-refractivity contribution in [2.24, 2.45) is 0 Å². The Bertz CT molecular complexity index is 1030. The van der Waals surface area contributed by atoms with Gasteiger partial charge in [-0.2, -0.15) is 18.3 Å². The van der Waals surface area contributed by atoms with Crippen LogP contribution in [0, 0.1) is 0 Å². The molecule has 1 aliphatic rings. The SMILES string of the molecule is CC(C)(Cn1nc(C(F)(F)F)cc1-c1ccn(C2CC2)c(=O)c1)NC(=O)OC(C)(C)C. The summed E-state index contributed by atoms with van der Waals surface area (Å²) in [6.45, 7) is 8.38. The van der Waals surface area contributed by atoms with Crippen molar-refractivity contribution in [1.29, 1.82) is 0 Å². The minimum Gasteiger partial charge on any atom is -0.444 e. The Morgan fingerprint density at radius 2 is 1.84 bits per heavy atom. The molecule has 10 heteroatoms. The second-order valence-electron chi connectivity index (χ2n) is 9.47. The molecule has 0 bridgehead atoms. The molecule has 0 spiro atoms. The Morgan fingerprint density at radius 1 is 1.19 bits per heavy atom. The van der Waals surface area contributed by atoms with Crippen LogP contribution in [-0.4, -0.2) is 31.6 Å². The molecule has 2 heterocycles. The third kappa shape index (κ3) is 5.89. The summed E-state index contributed by atoms with van der Waals surface area (Å²) in [5.41, 5.74) is -2.56. The fourth-order valence-electron chi connectivity index (χ4n) is 3.21. The molecule has 0 unspecified atom stereocenters. The largest absolute Gasteiger partial charge is 0.444 e. The number of halogens is 3. The van der Waals surface area contributed by atoms with Gasteiger partial charge in [0.25, 0.3) is 5.56 Å². The number of alkyl halides is 3. The zero-order chi connectivity index (χ0) is 23.2. The zero-order valence-electron chi connectivity index (χ0n) is 18.2. The molecule has 0 saturated heterocycles. The van der Waals surface area contributed by atoms with Crippen LogP contribution in [-0.2, 0) is 17.5 Å². The predicted molar refractivity (Wildman–Crippen MR) is 109 cm³/mol. The van der Waals surface area contributed by atoms with Gasteiger partial charge in [0.05, 0.1) is 17.8 Å². The van der Waals surface area contributed by atoms with Crippen molar-refractivity contribution in [2.45, 2.75) is 77.4 Å². The number of pyridine rings is 1. The van der Waals surface area contributed by atoms with Crippen LogP contribution in [0.25, 0.3) is 11.3 Å². The maximum absolute atomic E-state index is 13.4. The molecule has 3 rings (SSSR count). The molecule has 170 valence electrons. The molecule has 31 heavy (non-hydrogen) atoms. The Labute approximate surface area is 178 Å². The quantitative estimate of drug-likeness (QED) is 0.749. The van der Waals surface area contributed by atoms with Gasteiger partial charge in [-0.1, -0.05) is 0 Å². The molecule has 0 radical (unpaired) electrons. The van der Waals surface area contributed by atoms with Gasteiger partial charge in [0.2, 0.25) is 0 Å². The van der Waals surface area contributed by atoms with Gasteiger partial charge in [0, 0.05) is 23.9 Å². The first-order valence-corrected chi connectivity index (χ1v) is 10.0. The number of carbonyl (C=O) groups is 1. The van der Waals surface area contributed by atoms with Crippen molar-refractivity contribution in [3.05, 3.63) is 40.4 Å². The summed E-state index contributed by atoms with van der Waals surface area (Å²) in [5, 5.41) is 6.38. The summed E-state index contributed by atoms with van der Waals surface area (Å²) < 4.78 is 48.0. The smallest absolute Gasteiger partial charge is 0.435 e. The summed E-state index contributed by atoms with van der Waals surface area (Å²) in [5.74, 6) is 0. The van der Waals surface area contributed by atoms with E-state index in [0.29, 0.717) is 5.56 Å². The van der Waals surface area contributed by atoms with Crippen LogP contribution in [0.5, 0.6) is 0 Å². The van der Waals surface area contributed by atoms with Crippen molar-refractivity contribution < 1.29 is 22.7 Å². The molecule has 1 fully saturated rings. The molecular formula is C21H27F3N4O3. The van der Waals surface area contributed by atoms with Crippen molar-refractivity contribution in [3.8, 4) is 11.3 Å². The highest BCUT2D eigenvalue weighted by Crippen LogP contribution is 2.35. The van der Waals surface area contributed by atoms with Gasteiger partial charge < -0.3 is 14.6 Å². The molecule has 7 nitrogen and oxygen atoms in total. The van der Waals surface area contributed by atoms with Gasteiger partial charge >= 0.3 is 12.3 Å². The maximum Gasteiger partial charge on any atom is 0.435 e. The molecule has 0 atom stereocenters. The topological polar surface area (TPSA) is 78.2 Å². The van der Waals surface area contributed by atoms with Gasteiger partial charge in [0.15, 0.2) is 5.69 Å². The normalized spacial score (nSPS) is 15.1. The number of rotatable bonds is 5. The Kier molecular flexibility index (Phi) is 5.70. The average molecular weight is 440 g/mol. The maximum atomic E-state index is 13.4. The lowest BCUT2D eigenvalue weighted by atomic mass is 10.1. The molecule has 1 amide bonds. The van der Waals surface area contributed by atoms with E-state index in [4.69, 9.17) is 4.74 Å². The summed E-state index contributed by atoms with van der Waals surface area (Å²) >= 11 is 0. The van der Waals surface area contributed by atoms with Gasteiger partial charge in [-0.3, -0.25) is 9.48 Å². The Balaban J connectivity index is 1.92. The van der Waals surface area contributed by atoms with Crippen molar-refractivity contribution >= 4 is 6.09 Å². The van der Waals surface area contributed by atoms with E-state index in [2.05, 4.69) is 10.4 Å². The van der Waals surface area contributed by atoms with Crippen molar-refractivity contribution in [3.63, 3.8) is 0 Å². The van der Waals surface area contributed by atoms with Crippen LogP contribution in [0.15, 0.2) is 29.2 Å². The first-order chi connectivity index (χ1) is 14.1. The summed E-state index contributed by atoms with van der Waals surface area (Å²) in [7, 11) is 0. The molecule has 2 aromatic rings. The fraction of sp³-hybridized carbons (Fsp3) is 0.571. The minimum absolute atomic E-state index is 0.0661. The van der Waals surface area contributed by atoms with E-state index >= 15 is 0 Å². The summed E-state index contributed by atoms with van der Waals surface area (Å²) in [4.78, 5) is 24.6. The highest BCUT2D eigenvalue weighted by atomic mass is 19.4. The van der Waals surface area contributed by atoms with E-state index in [1.165, 1.54) is 6.07 Å². The number of hydrogen-bond acceptors (Lipinski definition) is 4. The average Bonchev–Trinajstić information content (AvgIpc) is 3.31. The first-order valence-electron chi connectivity index (χ1n) is 10.0. The summed E-state index contributed by atoms with van der Waals surface area (Å²) in [6.07, 6.45) is -1.90. The van der Waals surface area contributed by atoms with Gasteiger partial charge in [-0.25, -0.2) is 4.79 Å². The van der Waals surface area contributed by atoms with Crippen molar-refractivity contribution in [2.75, 3.05) is 0 Å². The number of hydrogen-bond donors (Lipinski definition) is 1. The fourth-order valence-corrected chi connectivity index (χ4v) is 3.21. The van der Waals surface area contributed by atoms with E-state index in [-0.39, 0.29) is 23.8 Å². The summed E-state index contributed by atoms with van der Waals surface area (Å²) in [6, 6.07) is 4.01. The van der Waals surface area contributed by atoms with Crippen LogP contribution in [0.1, 0.15) is 59.2 Å². The Hall–Kier alpha value is -2.78. The third-order valence-electron chi connectivity index (χ3n) is 4.64. The molecule has 0 aromatic carbocycles. The second kappa shape index (κ2) is 7.72. The number of carbonyl (C=O) groups excluding carboxylic acids is 1. The van der Waals surface area contributed by atoms with Crippen LogP contribution >= 0.6 is 0 Å². The molecule has 1 aliphatic carbocycles.